The first-order valence-electron chi connectivity index (χ1n) is 8.11. The molecule has 0 radical (unpaired) electrons. The van der Waals surface area contributed by atoms with Crippen molar-refractivity contribution in [2.24, 2.45) is 5.92 Å². The second kappa shape index (κ2) is 6.84. The lowest BCUT2D eigenvalue weighted by atomic mass is 9.94. The van der Waals surface area contributed by atoms with Gasteiger partial charge in [0, 0.05) is 30.1 Å². The molecule has 1 aromatic heterocycles. The molecule has 4 nitrogen and oxygen atoms in total. The third-order valence-electron chi connectivity index (χ3n) is 4.22. The molecule has 1 aliphatic rings. The van der Waals surface area contributed by atoms with Crippen molar-refractivity contribution in [1.82, 2.24) is 15.3 Å². The first-order chi connectivity index (χ1) is 9.92. The maximum Gasteiger partial charge on any atom is 0.160 e. The number of nitrogens with zero attached hydrogens (tertiary/aromatic N) is 2. The summed E-state index contributed by atoms with van der Waals surface area (Å²) >= 11 is 0. The van der Waals surface area contributed by atoms with Crippen LogP contribution in [0.4, 0.5) is 0 Å². The molecule has 0 bridgehead atoms. The summed E-state index contributed by atoms with van der Waals surface area (Å²) in [5.41, 5.74) is 3.06. The summed E-state index contributed by atoms with van der Waals surface area (Å²) in [6.45, 7) is 13.4. The van der Waals surface area contributed by atoms with Crippen molar-refractivity contribution in [3.63, 3.8) is 0 Å². The zero-order valence-electron chi connectivity index (χ0n) is 14.1. The van der Waals surface area contributed by atoms with E-state index in [2.05, 4.69) is 39.9 Å². The molecule has 1 atom stereocenters. The van der Waals surface area contributed by atoms with Gasteiger partial charge in [-0.3, -0.25) is 0 Å². The maximum atomic E-state index is 5.97. The molecular formula is C17H29N3O. The molecule has 1 unspecified atom stereocenters. The van der Waals surface area contributed by atoms with Crippen LogP contribution in [0.15, 0.2) is 0 Å². The minimum Gasteiger partial charge on any atom is -0.367 e. The Bertz CT molecular complexity index is 456. The van der Waals surface area contributed by atoms with Crippen molar-refractivity contribution < 1.29 is 4.74 Å². The summed E-state index contributed by atoms with van der Waals surface area (Å²) < 4.78 is 5.97. The maximum absolute atomic E-state index is 5.97. The molecule has 0 saturated carbocycles. The molecule has 0 spiro atoms. The third-order valence-corrected chi connectivity index (χ3v) is 4.22. The van der Waals surface area contributed by atoms with Crippen LogP contribution < -0.4 is 5.32 Å². The smallest absolute Gasteiger partial charge is 0.160 e. The van der Waals surface area contributed by atoms with E-state index in [0.717, 1.165) is 49.8 Å². The summed E-state index contributed by atoms with van der Waals surface area (Å²) in [6, 6.07) is 0. The van der Waals surface area contributed by atoms with Crippen LogP contribution >= 0.6 is 0 Å². The number of aryl methyl sites for hydroxylation is 2. The molecule has 1 saturated heterocycles. The standard InChI is InChI=1S/C17H29N3O/c1-12(2)10-18-11-15-13(3)19-16(20-14(15)4)17(5)8-6-7-9-21-17/h12,18H,6-11H2,1-5H3. The largest absolute Gasteiger partial charge is 0.367 e. The van der Waals surface area contributed by atoms with Gasteiger partial charge in [0.05, 0.1) is 0 Å². The van der Waals surface area contributed by atoms with E-state index in [1.165, 1.54) is 12.0 Å². The number of ether oxygens (including phenoxy) is 1. The summed E-state index contributed by atoms with van der Waals surface area (Å²) in [7, 11) is 0. The van der Waals surface area contributed by atoms with Gasteiger partial charge in [-0.15, -0.1) is 0 Å². The van der Waals surface area contributed by atoms with E-state index in [1.54, 1.807) is 0 Å². The van der Waals surface area contributed by atoms with Crippen LogP contribution in [-0.4, -0.2) is 23.1 Å². The van der Waals surface area contributed by atoms with Gasteiger partial charge in [0.25, 0.3) is 0 Å². The summed E-state index contributed by atoms with van der Waals surface area (Å²) in [5, 5.41) is 3.48. The normalized spacial score (nSPS) is 22.8. The Hall–Kier alpha value is -1.00. The molecule has 1 N–H and O–H groups in total. The predicted molar refractivity (Wildman–Crippen MR) is 85.2 cm³/mol. The van der Waals surface area contributed by atoms with Crippen molar-refractivity contribution in [3.05, 3.63) is 22.8 Å². The fraction of sp³-hybridized carbons (Fsp3) is 0.765. The fourth-order valence-electron chi connectivity index (χ4n) is 2.83. The lowest BCUT2D eigenvalue weighted by Gasteiger charge is -2.33. The minimum atomic E-state index is -0.308. The minimum absolute atomic E-state index is 0.308. The summed E-state index contributed by atoms with van der Waals surface area (Å²) in [4.78, 5) is 9.50. The Kier molecular flexibility index (Phi) is 5.33. The van der Waals surface area contributed by atoms with E-state index in [1.807, 2.05) is 0 Å². The Morgan fingerprint density at radius 1 is 1.19 bits per heavy atom. The van der Waals surface area contributed by atoms with Gasteiger partial charge in [0.15, 0.2) is 5.82 Å². The molecule has 118 valence electrons. The molecule has 1 aliphatic heterocycles. The molecule has 2 rings (SSSR count). The monoisotopic (exact) mass is 291 g/mol. The number of rotatable bonds is 5. The van der Waals surface area contributed by atoms with E-state index < -0.39 is 0 Å². The highest BCUT2D eigenvalue weighted by Crippen LogP contribution is 2.33. The lowest BCUT2D eigenvalue weighted by Crippen LogP contribution is -2.33. The molecule has 4 heteroatoms. The molecular weight excluding hydrogens is 262 g/mol. The zero-order valence-corrected chi connectivity index (χ0v) is 14.1. The number of hydrogen-bond acceptors (Lipinski definition) is 4. The Balaban J connectivity index is 2.16. The molecule has 2 heterocycles. The SMILES string of the molecule is Cc1nc(C2(C)CCCCO2)nc(C)c1CNCC(C)C. The Morgan fingerprint density at radius 3 is 2.38 bits per heavy atom. The highest BCUT2D eigenvalue weighted by atomic mass is 16.5. The van der Waals surface area contributed by atoms with Crippen LogP contribution in [-0.2, 0) is 16.9 Å². The van der Waals surface area contributed by atoms with Crippen LogP contribution in [0.5, 0.6) is 0 Å². The molecule has 1 aromatic rings. The number of aromatic nitrogens is 2. The third kappa shape index (κ3) is 4.01. The Morgan fingerprint density at radius 2 is 1.86 bits per heavy atom. The van der Waals surface area contributed by atoms with Gasteiger partial charge in [-0.2, -0.15) is 0 Å². The molecule has 0 aliphatic carbocycles. The van der Waals surface area contributed by atoms with Gasteiger partial charge in [0.2, 0.25) is 0 Å². The predicted octanol–water partition coefficient (Wildman–Crippen LogP) is 3.25. The molecule has 0 amide bonds. The van der Waals surface area contributed by atoms with Crippen LogP contribution in [0.1, 0.15) is 62.8 Å². The van der Waals surface area contributed by atoms with Crippen molar-refractivity contribution in [2.75, 3.05) is 13.2 Å². The Labute approximate surface area is 128 Å². The highest BCUT2D eigenvalue weighted by Gasteiger charge is 2.33. The first-order valence-corrected chi connectivity index (χ1v) is 8.11. The van der Waals surface area contributed by atoms with Crippen LogP contribution in [0.3, 0.4) is 0 Å². The second-order valence-electron chi connectivity index (χ2n) is 6.76. The van der Waals surface area contributed by atoms with Crippen molar-refractivity contribution in [3.8, 4) is 0 Å². The summed E-state index contributed by atoms with van der Waals surface area (Å²) in [6.07, 6.45) is 3.34. The number of nitrogens with one attached hydrogen (secondary N) is 1. The van der Waals surface area contributed by atoms with Gasteiger partial charge in [0.1, 0.15) is 5.60 Å². The fourth-order valence-corrected chi connectivity index (χ4v) is 2.83. The van der Waals surface area contributed by atoms with Crippen LogP contribution in [0.25, 0.3) is 0 Å². The summed E-state index contributed by atoms with van der Waals surface area (Å²) in [5.74, 6) is 1.50. The van der Waals surface area contributed by atoms with Gasteiger partial charge in [-0.1, -0.05) is 13.8 Å². The number of hydrogen-bond donors (Lipinski definition) is 1. The molecule has 0 aromatic carbocycles. The molecule has 1 fully saturated rings. The van der Waals surface area contributed by atoms with E-state index in [-0.39, 0.29) is 5.60 Å². The highest BCUT2D eigenvalue weighted by molar-refractivity contribution is 5.25. The second-order valence-corrected chi connectivity index (χ2v) is 6.76. The van der Waals surface area contributed by atoms with Crippen LogP contribution in [0, 0.1) is 19.8 Å². The lowest BCUT2D eigenvalue weighted by molar-refractivity contribution is -0.0762. The first kappa shape index (κ1) is 16.4. The van der Waals surface area contributed by atoms with E-state index in [9.17, 15) is 0 Å². The van der Waals surface area contributed by atoms with Gasteiger partial charge in [-0.05, 0) is 52.5 Å². The average molecular weight is 291 g/mol. The van der Waals surface area contributed by atoms with Gasteiger partial charge >= 0.3 is 0 Å². The topological polar surface area (TPSA) is 47.0 Å². The molecule has 21 heavy (non-hydrogen) atoms. The van der Waals surface area contributed by atoms with Crippen LogP contribution in [0.2, 0.25) is 0 Å². The average Bonchev–Trinajstić information content (AvgIpc) is 2.42. The zero-order chi connectivity index (χ0) is 15.5. The van der Waals surface area contributed by atoms with Crippen molar-refractivity contribution in [1.29, 1.82) is 0 Å². The van der Waals surface area contributed by atoms with E-state index >= 15 is 0 Å². The quantitative estimate of drug-likeness (QED) is 0.904. The van der Waals surface area contributed by atoms with Gasteiger partial charge < -0.3 is 10.1 Å². The van der Waals surface area contributed by atoms with Crippen molar-refractivity contribution >= 4 is 0 Å². The van der Waals surface area contributed by atoms with Gasteiger partial charge in [-0.25, -0.2) is 9.97 Å². The van der Waals surface area contributed by atoms with Crippen molar-refractivity contribution in [2.45, 2.75) is 66.0 Å². The van der Waals surface area contributed by atoms with E-state index in [4.69, 9.17) is 14.7 Å². The van der Waals surface area contributed by atoms with E-state index in [0.29, 0.717) is 5.92 Å².